The van der Waals surface area contributed by atoms with Crippen LogP contribution in [0, 0.1) is 0 Å². The van der Waals surface area contributed by atoms with Gasteiger partial charge in [0.2, 0.25) is 0 Å². The first-order valence-electron chi connectivity index (χ1n) is 6.76. The first-order chi connectivity index (χ1) is 9.91. The van der Waals surface area contributed by atoms with Gasteiger partial charge in [0.15, 0.2) is 0 Å². The van der Waals surface area contributed by atoms with Gasteiger partial charge in [0.1, 0.15) is 5.78 Å². The number of carbonyl (C=O) groups is 1. The molecule has 0 radical (unpaired) electrons. The van der Waals surface area contributed by atoms with Crippen molar-refractivity contribution in [3.63, 3.8) is 0 Å². The Morgan fingerprint density at radius 3 is 2.14 bits per heavy atom. The van der Waals surface area contributed by atoms with Gasteiger partial charge in [-0.1, -0.05) is 23.7 Å². The molecule has 0 aromatic heterocycles. The molecule has 0 saturated carbocycles. The van der Waals surface area contributed by atoms with E-state index in [-0.39, 0.29) is 25.4 Å². The van der Waals surface area contributed by atoms with Crippen LogP contribution >= 0.6 is 19.2 Å². The van der Waals surface area contributed by atoms with E-state index in [1.807, 2.05) is 0 Å². The second kappa shape index (κ2) is 8.50. The standard InChI is InChI=1S/C15H20ClO4P/c1-4-19-21(18,20-5-2)15(10-12(3)17)11-13-6-8-14(16)9-7-13/h6-9,11H,4-5,10H2,1-3H3/b15-11-. The maximum absolute atomic E-state index is 12.8. The third-order valence-corrected chi connectivity index (χ3v) is 5.02. The van der Waals surface area contributed by atoms with E-state index in [4.69, 9.17) is 20.6 Å². The number of carbonyl (C=O) groups excluding carboxylic acids is 1. The van der Waals surface area contributed by atoms with Crippen molar-refractivity contribution in [3.05, 3.63) is 40.2 Å². The Hall–Kier alpha value is -0.930. The van der Waals surface area contributed by atoms with Gasteiger partial charge in [0.05, 0.1) is 13.2 Å². The van der Waals surface area contributed by atoms with Crippen LogP contribution < -0.4 is 0 Å². The smallest absolute Gasteiger partial charge is 0.306 e. The molecule has 0 aliphatic rings. The topological polar surface area (TPSA) is 52.6 Å². The molecule has 116 valence electrons. The molecular weight excluding hydrogens is 311 g/mol. The van der Waals surface area contributed by atoms with Gasteiger partial charge in [0, 0.05) is 16.8 Å². The molecule has 0 unspecified atom stereocenters. The van der Waals surface area contributed by atoms with Gasteiger partial charge in [-0.25, -0.2) is 0 Å². The van der Waals surface area contributed by atoms with Gasteiger partial charge in [-0.2, -0.15) is 0 Å². The fourth-order valence-electron chi connectivity index (χ4n) is 1.78. The quantitative estimate of drug-likeness (QED) is 0.634. The lowest BCUT2D eigenvalue weighted by atomic mass is 10.2. The summed E-state index contributed by atoms with van der Waals surface area (Å²) in [7, 11) is -3.45. The summed E-state index contributed by atoms with van der Waals surface area (Å²) in [5, 5.41) is 0.971. The zero-order valence-electron chi connectivity index (χ0n) is 12.5. The number of hydrogen-bond donors (Lipinski definition) is 0. The van der Waals surface area contributed by atoms with Gasteiger partial charge >= 0.3 is 7.60 Å². The molecule has 0 amide bonds. The van der Waals surface area contributed by atoms with Crippen molar-refractivity contribution in [1.82, 2.24) is 0 Å². The van der Waals surface area contributed by atoms with Crippen molar-refractivity contribution in [2.45, 2.75) is 27.2 Å². The lowest BCUT2D eigenvalue weighted by Gasteiger charge is -2.19. The fraction of sp³-hybridized carbons (Fsp3) is 0.400. The van der Waals surface area contributed by atoms with Crippen LogP contribution in [-0.4, -0.2) is 19.0 Å². The van der Waals surface area contributed by atoms with Crippen molar-refractivity contribution in [1.29, 1.82) is 0 Å². The molecule has 0 N–H and O–H groups in total. The molecule has 1 rings (SSSR count). The van der Waals surface area contributed by atoms with E-state index in [2.05, 4.69) is 0 Å². The summed E-state index contributed by atoms with van der Waals surface area (Å²) in [5.41, 5.74) is 0.787. The lowest BCUT2D eigenvalue weighted by molar-refractivity contribution is -0.116. The molecule has 0 atom stereocenters. The van der Waals surface area contributed by atoms with E-state index in [0.29, 0.717) is 10.3 Å². The summed E-state index contributed by atoms with van der Waals surface area (Å²) in [4.78, 5) is 11.5. The number of allylic oxidation sites excluding steroid dienone is 1. The van der Waals surface area contributed by atoms with Crippen LogP contribution in [0.2, 0.25) is 5.02 Å². The Balaban J connectivity index is 3.22. The van der Waals surface area contributed by atoms with Crippen LogP contribution in [0.5, 0.6) is 0 Å². The third kappa shape index (κ3) is 5.76. The first kappa shape index (κ1) is 18.1. The van der Waals surface area contributed by atoms with E-state index in [9.17, 15) is 9.36 Å². The third-order valence-electron chi connectivity index (χ3n) is 2.58. The van der Waals surface area contributed by atoms with Crippen molar-refractivity contribution >= 4 is 31.1 Å². The van der Waals surface area contributed by atoms with Crippen molar-refractivity contribution < 1.29 is 18.4 Å². The normalized spacial score (nSPS) is 12.5. The summed E-state index contributed by atoms with van der Waals surface area (Å²) >= 11 is 5.84. The molecule has 1 aromatic carbocycles. The summed E-state index contributed by atoms with van der Waals surface area (Å²) in [6.07, 6.45) is 1.70. The van der Waals surface area contributed by atoms with Gasteiger partial charge in [-0.05, 0) is 44.5 Å². The molecular formula is C15H20ClO4P. The van der Waals surface area contributed by atoms with E-state index in [1.54, 1.807) is 44.2 Å². The largest absolute Gasteiger partial charge is 0.357 e. The minimum atomic E-state index is -3.45. The predicted molar refractivity (Wildman–Crippen MR) is 85.6 cm³/mol. The van der Waals surface area contributed by atoms with E-state index in [0.717, 1.165) is 5.56 Å². The maximum Gasteiger partial charge on any atom is 0.357 e. The average Bonchev–Trinajstić information content (AvgIpc) is 2.40. The second-order valence-corrected chi connectivity index (χ2v) is 6.92. The van der Waals surface area contributed by atoms with Crippen molar-refractivity contribution in [3.8, 4) is 0 Å². The molecule has 0 aliphatic heterocycles. The van der Waals surface area contributed by atoms with Crippen LogP contribution in [-0.2, 0) is 18.4 Å². The van der Waals surface area contributed by atoms with Crippen LogP contribution in [0.4, 0.5) is 0 Å². The monoisotopic (exact) mass is 330 g/mol. The van der Waals surface area contributed by atoms with Gasteiger partial charge in [-0.3, -0.25) is 9.36 Å². The van der Waals surface area contributed by atoms with E-state index < -0.39 is 7.60 Å². The summed E-state index contributed by atoms with van der Waals surface area (Å²) in [6, 6.07) is 7.02. The Labute approximate surface area is 130 Å². The Kier molecular flexibility index (Phi) is 7.33. The van der Waals surface area contributed by atoms with E-state index >= 15 is 0 Å². The number of rotatable bonds is 8. The highest BCUT2D eigenvalue weighted by Gasteiger charge is 2.30. The highest BCUT2D eigenvalue weighted by molar-refractivity contribution is 7.58. The fourth-order valence-corrected chi connectivity index (χ4v) is 3.71. The zero-order chi connectivity index (χ0) is 15.9. The molecule has 21 heavy (non-hydrogen) atoms. The summed E-state index contributed by atoms with van der Waals surface area (Å²) in [6.45, 7) is 5.40. The minimum absolute atomic E-state index is 0.0277. The van der Waals surface area contributed by atoms with Crippen LogP contribution in [0.1, 0.15) is 32.8 Å². The number of benzene rings is 1. The van der Waals surface area contributed by atoms with Crippen LogP contribution in [0.15, 0.2) is 29.6 Å². The summed E-state index contributed by atoms with van der Waals surface area (Å²) in [5.74, 6) is -0.102. The van der Waals surface area contributed by atoms with E-state index in [1.165, 1.54) is 6.92 Å². The highest BCUT2D eigenvalue weighted by Crippen LogP contribution is 2.57. The molecule has 0 saturated heterocycles. The van der Waals surface area contributed by atoms with Gasteiger partial charge < -0.3 is 9.05 Å². The number of hydrogen-bond acceptors (Lipinski definition) is 4. The SMILES string of the molecule is CCOP(=O)(OCC)/C(=C\c1ccc(Cl)cc1)CC(C)=O. The molecule has 0 heterocycles. The molecule has 0 fully saturated rings. The first-order valence-corrected chi connectivity index (χ1v) is 8.68. The van der Waals surface area contributed by atoms with Crippen LogP contribution in [0.25, 0.3) is 6.08 Å². The van der Waals surface area contributed by atoms with Crippen LogP contribution in [0.3, 0.4) is 0 Å². The highest BCUT2D eigenvalue weighted by atomic mass is 35.5. The second-order valence-electron chi connectivity index (χ2n) is 4.40. The molecule has 6 heteroatoms. The maximum atomic E-state index is 12.8. The molecule has 1 aromatic rings. The number of halogens is 1. The molecule has 0 aliphatic carbocycles. The minimum Gasteiger partial charge on any atom is -0.306 e. The zero-order valence-corrected chi connectivity index (χ0v) is 14.1. The number of Topliss-reactive ketones (excluding diaryl/α,β-unsaturated/α-hetero) is 1. The average molecular weight is 331 g/mol. The number of ketones is 1. The van der Waals surface area contributed by atoms with Gasteiger partial charge in [0.25, 0.3) is 0 Å². The van der Waals surface area contributed by atoms with Crippen molar-refractivity contribution in [2.75, 3.05) is 13.2 Å². The lowest BCUT2D eigenvalue weighted by Crippen LogP contribution is -2.02. The van der Waals surface area contributed by atoms with Crippen molar-refractivity contribution in [2.24, 2.45) is 0 Å². The Morgan fingerprint density at radius 1 is 1.19 bits per heavy atom. The van der Waals surface area contributed by atoms with Gasteiger partial charge in [-0.15, -0.1) is 0 Å². The predicted octanol–water partition coefficient (Wildman–Crippen LogP) is 4.93. The Bertz CT molecular complexity index is 541. The Morgan fingerprint density at radius 2 is 1.71 bits per heavy atom. The summed E-state index contributed by atoms with van der Waals surface area (Å²) < 4.78 is 23.5. The molecule has 4 nitrogen and oxygen atoms in total. The molecule has 0 spiro atoms. The molecule has 0 bridgehead atoms.